The number of anilines is 1. The van der Waals surface area contributed by atoms with E-state index >= 15 is 0 Å². The van der Waals surface area contributed by atoms with E-state index < -0.39 is 28.9 Å². The fourth-order valence-corrected chi connectivity index (χ4v) is 0.950. The monoisotopic (exact) mass is 186 g/mol. The second-order valence-corrected chi connectivity index (χ2v) is 2.55. The Labute approximate surface area is 72.8 Å². The molecule has 0 aromatic heterocycles. The van der Waals surface area contributed by atoms with Crippen LogP contribution in [0.2, 0.25) is 0 Å². The zero-order valence-electron chi connectivity index (χ0n) is 6.73. The average molecular weight is 186 g/mol. The summed E-state index contributed by atoms with van der Waals surface area (Å²) in [4.78, 5) is 10.4. The van der Waals surface area contributed by atoms with Crippen LogP contribution < -0.4 is 10.8 Å². The van der Waals surface area contributed by atoms with E-state index in [9.17, 15) is 18.7 Å². The molecule has 0 saturated carbocycles. The predicted molar refractivity (Wildman–Crippen MR) is 39.8 cm³/mol. The van der Waals surface area contributed by atoms with Crippen LogP contribution in [0.3, 0.4) is 0 Å². The van der Waals surface area contributed by atoms with Crippen molar-refractivity contribution in [2.45, 2.75) is 6.92 Å². The second-order valence-electron chi connectivity index (χ2n) is 2.55. The average Bonchev–Trinajstić information content (AvgIpc) is 2.07. The largest absolute Gasteiger partial charge is 0.545 e. The number of carboxylic acid groups (broad SMARTS) is 1. The minimum Gasteiger partial charge on any atom is -0.545 e. The minimum absolute atomic E-state index is 0.223. The molecule has 0 atom stereocenters. The summed E-state index contributed by atoms with van der Waals surface area (Å²) in [6, 6.07) is 0.642. The van der Waals surface area contributed by atoms with Gasteiger partial charge < -0.3 is 15.6 Å². The number of carbonyl (C=O) groups excluding carboxylic acids is 1. The van der Waals surface area contributed by atoms with Crippen LogP contribution in [0.15, 0.2) is 6.07 Å². The number of aromatic carboxylic acids is 1. The highest BCUT2D eigenvalue weighted by molar-refractivity contribution is 5.88. The van der Waals surface area contributed by atoms with Crippen LogP contribution in [-0.4, -0.2) is 5.97 Å². The lowest BCUT2D eigenvalue weighted by molar-refractivity contribution is -0.255. The van der Waals surface area contributed by atoms with Crippen molar-refractivity contribution >= 4 is 11.7 Å². The molecule has 0 aliphatic heterocycles. The van der Waals surface area contributed by atoms with E-state index in [0.29, 0.717) is 6.07 Å². The van der Waals surface area contributed by atoms with Crippen LogP contribution >= 0.6 is 0 Å². The molecule has 1 rings (SSSR count). The molecule has 0 aliphatic carbocycles. The molecule has 1 aromatic rings. The molecule has 0 radical (unpaired) electrons. The summed E-state index contributed by atoms with van der Waals surface area (Å²) in [5.41, 5.74) is 3.56. The molecule has 13 heavy (non-hydrogen) atoms. The zero-order chi connectivity index (χ0) is 10.2. The number of hydrogen-bond donors (Lipinski definition) is 1. The van der Waals surface area contributed by atoms with Crippen molar-refractivity contribution in [1.82, 2.24) is 0 Å². The summed E-state index contributed by atoms with van der Waals surface area (Å²) in [7, 11) is 0. The molecule has 1 aromatic carbocycles. The van der Waals surface area contributed by atoms with Crippen molar-refractivity contribution in [3.05, 3.63) is 28.8 Å². The lowest BCUT2D eigenvalue weighted by Crippen LogP contribution is -2.24. The zero-order valence-corrected chi connectivity index (χ0v) is 6.73. The highest BCUT2D eigenvalue weighted by Gasteiger charge is 2.13. The number of carbonyl (C=O) groups is 1. The molecular formula is C8H6F2NO2-. The standard InChI is InChI=1S/C8H7F2NO2/c1-3-4(8(12)13)2-5(9)7(11)6(3)10/h2H,11H2,1H3,(H,12,13)/p-1. The Kier molecular flexibility index (Phi) is 2.18. The Bertz CT molecular complexity index is 377. The maximum atomic E-state index is 13.0. The quantitative estimate of drug-likeness (QED) is 0.638. The van der Waals surface area contributed by atoms with Gasteiger partial charge >= 0.3 is 0 Å². The summed E-state index contributed by atoms with van der Waals surface area (Å²) < 4.78 is 25.7. The van der Waals surface area contributed by atoms with Gasteiger partial charge in [-0.25, -0.2) is 8.78 Å². The molecule has 0 saturated heterocycles. The lowest BCUT2D eigenvalue weighted by Gasteiger charge is -2.09. The molecule has 0 aliphatic rings. The second kappa shape index (κ2) is 3.01. The normalized spacial score (nSPS) is 10.1. The summed E-state index contributed by atoms with van der Waals surface area (Å²) in [5.74, 6) is -3.78. The van der Waals surface area contributed by atoms with Crippen LogP contribution in [0.4, 0.5) is 14.5 Å². The van der Waals surface area contributed by atoms with Crippen molar-refractivity contribution in [3.63, 3.8) is 0 Å². The summed E-state index contributed by atoms with van der Waals surface area (Å²) in [6.45, 7) is 1.19. The van der Waals surface area contributed by atoms with E-state index in [-0.39, 0.29) is 5.56 Å². The molecule has 0 bridgehead atoms. The Balaban J connectivity index is 3.50. The Morgan fingerprint density at radius 1 is 1.54 bits per heavy atom. The van der Waals surface area contributed by atoms with E-state index in [1.54, 1.807) is 0 Å². The maximum absolute atomic E-state index is 13.0. The third-order valence-electron chi connectivity index (χ3n) is 1.72. The highest BCUT2D eigenvalue weighted by Crippen LogP contribution is 2.21. The van der Waals surface area contributed by atoms with Gasteiger partial charge in [0.2, 0.25) is 0 Å². The number of nitrogens with two attached hydrogens (primary N) is 1. The fourth-order valence-electron chi connectivity index (χ4n) is 0.950. The first-order valence-electron chi connectivity index (χ1n) is 3.40. The van der Waals surface area contributed by atoms with Crippen LogP contribution in [0.25, 0.3) is 0 Å². The Morgan fingerprint density at radius 3 is 2.54 bits per heavy atom. The van der Waals surface area contributed by atoms with Gasteiger partial charge in [0.15, 0.2) is 5.82 Å². The molecule has 0 spiro atoms. The van der Waals surface area contributed by atoms with Crippen LogP contribution in [-0.2, 0) is 0 Å². The fraction of sp³-hybridized carbons (Fsp3) is 0.125. The first kappa shape index (κ1) is 9.44. The maximum Gasteiger partial charge on any atom is 0.152 e. The van der Waals surface area contributed by atoms with Crippen molar-refractivity contribution in [2.75, 3.05) is 5.73 Å². The van der Waals surface area contributed by atoms with Crippen LogP contribution in [0.1, 0.15) is 15.9 Å². The van der Waals surface area contributed by atoms with Crippen molar-refractivity contribution in [1.29, 1.82) is 0 Å². The molecule has 0 amide bonds. The van der Waals surface area contributed by atoms with Gasteiger partial charge in [0.25, 0.3) is 0 Å². The van der Waals surface area contributed by atoms with E-state index in [1.807, 2.05) is 0 Å². The first-order valence-corrected chi connectivity index (χ1v) is 3.40. The summed E-state index contributed by atoms with van der Waals surface area (Å²) in [5, 5.41) is 10.4. The highest BCUT2D eigenvalue weighted by atomic mass is 19.1. The third-order valence-corrected chi connectivity index (χ3v) is 1.72. The topological polar surface area (TPSA) is 66.1 Å². The number of nitrogen functional groups attached to an aromatic ring is 1. The number of carboxylic acids is 1. The SMILES string of the molecule is Cc1c(C(=O)[O-])cc(F)c(N)c1F. The van der Waals surface area contributed by atoms with Gasteiger partial charge in [-0.2, -0.15) is 0 Å². The molecule has 0 unspecified atom stereocenters. The van der Waals surface area contributed by atoms with Gasteiger partial charge in [0.1, 0.15) is 11.5 Å². The van der Waals surface area contributed by atoms with Gasteiger partial charge in [0.05, 0.1) is 5.97 Å². The van der Waals surface area contributed by atoms with Crippen LogP contribution in [0.5, 0.6) is 0 Å². The Hall–Kier alpha value is -1.65. The smallest absolute Gasteiger partial charge is 0.152 e. The molecule has 70 valence electrons. The number of benzene rings is 1. The number of halogens is 2. The van der Waals surface area contributed by atoms with Gasteiger partial charge in [-0.3, -0.25) is 0 Å². The molecule has 0 fully saturated rings. The third kappa shape index (κ3) is 1.44. The van der Waals surface area contributed by atoms with E-state index in [1.165, 1.54) is 6.92 Å². The minimum atomic E-state index is -1.63. The van der Waals surface area contributed by atoms with E-state index in [2.05, 4.69) is 0 Å². The van der Waals surface area contributed by atoms with Gasteiger partial charge in [-0.05, 0) is 18.6 Å². The van der Waals surface area contributed by atoms with E-state index in [0.717, 1.165) is 0 Å². The van der Waals surface area contributed by atoms with Crippen molar-refractivity contribution in [2.24, 2.45) is 0 Å². The number of hydrogen-bond acceptors (Lipinski definition) is 3. The molecule has 0 heterocycles. The van der Waals surface area contributed by atoms with Gasteiger partial charge in [0, 0.05) is 5.56 Å². The number of rotatable bonds is 1. The van der Waals surface area contributed by atoms with E-state index in [4.69, 9.17) is 5.73 Å². The van der Waals surface area contributed by atoms with Gasteiger partial charge in [-0.15, -0.1) is 0 Å². The summed E-state index contributed by atoms with van der Waals surface area (Å²) >= 11 is 0. The molecule has 2 N–H and O–H groups in total. The summed E-state index contributed by atoms with van der Waals surface area (Å²) in [6.07, 6.45) is 0. The molecule has 5 heteroatoms. The molecule has 3 nitrogen and oxygen atoms in total. The predicted octanol–water partition coefficient (Wildman–Crippen LogP) is 0.219. The van der Waals surface area contributed by atoms with Crippen molar-refractivity contribution < 1.29 is 18.7 Å². The van der Waals surface area contributed by atoms with Crippen molar-refractivity contribution in [3.8, 4) is 0 Å². The first-order chi connectivity index (χ1) is 5.95. The lowest BCUT2D eigenvalue weighted by atomic mass is 10.1. The Morgan fingerprint density at radius 2 is 2.08 bits per heavy atom. The molecular weight excluding hydrogens is 180 g/mol. The van der Waals surface area contributed by atoms with Crippen LogP contribution in [0, 0.1) is 18.6 Å². The van der Waals surface area contributed by atoms with Gasteiger partial charge in [-0.1, -0.05) is 0 Å².